The largest absolute Gasteiger partial charge is 0.497 e. The van der Waals surface area contributed by atoms with Gasteiger partial charge in [-0.25, -0.2) is 4.79 Å². The highest BCUT2D eigenvalue weighted by atomic mass is 16.5. The predicted molar refractivity (Wildman–Crippen MR) is 100 cm³/mol. The van der Waals surface area contributed by atoms with Crippen molar-refractivity contribution >= 4 is 17.6 Å². The van der Waals surface area contributed by atoms with Crippen LogP contribution in [0.4, 0.5) is 5.69 Å². The summed E-state index contributed by atoms with van der Waals surface area (Å²) in [7, 11) is 1.62. The summed E-state index contributed by atoms with van der Waals surface area (Å²) >= 11 is 0. The van der Waals surface area contributed by atoms with E-state index in [9.17, 15) is 9.59 Å². The summed E-state index contributed by atoms with van der Waals surface area (Å²) < 4.78 is 10.0. The third kappa shape index (κ3) is 6.12. The van der Waals surface area contributed by atoms with Gasteiger partial charge in [0.25, 0.3) is 0 Å². The minimum absolute atomic E-state index is 0.0311. The van der Waals surface area contributed by atoms with Crippen molar-refractivity contribution in [3.63, 3.8) is 0 Å². The quantitative estimate of drug-likeness (QED) is 0.676. The molecule has 0 saturated heterocycles. The molecule has 138 valence electrons. The maximum atomic E-state index is 11.9. The van der Waals surface area contributed by atoms with Gasteiger partial charge in [0.05, 0.1) is 19.3 Å². The van der Waals surface area contributed by atoms with Gasteiger partial charge in [-0.2, -0.15) is 0 Å². The van der Waals surface area contributed by atoms with Crippen LogP contribution < -0.4 is 15.4 Å². The van der Waals surface area contributed by atoms with E-state index in [2.05, 4.69) is 10.6 Å². The zero-order chi connectivity index (χ0) is 18.8. The first kappa shape index (κ1) is 19.3. The first-order valence-corrected chi connectivity index (χ1v) is 8.53. The molecule has 6 heteroatoms. The molecule has 0 saturated carbocycles. The molecular formula is C20H24N2O4. The van der Waals surface area contributed by atoms with Crippen LogP contribution in [0.1, 0.15) is 29.3 Å². The second kappa shape index (κ2) is 10.1. The Labute approximate surface area is 153 Å². The fraction of sp³-hybridized carbons (Fsp3) is 0.300. The lowest BCUT2D eigenvalue weighted by molar-refractivity contribution is -0.121. The molecule has 2 aromatic carbocycles. The van der Waals surface area contributed by atoms with Crippen molar-refractivity contribution in [1.29, 1.82) is 0 Å². The predicted octanol–water partition coefficient (Wildman–Crippen LogP) is 2.99. The van der Waals surface area contributed by atoms with Crippen molar-refractivity contribution in [1.82, 2.24) is 5.32 Å². The van der Waals surface area contributed by atoms with E-state index in [4.69, 9.17) is 9.47 Å². The Hall–Kier alpha value is -3.02. The van der Waals surface area contributed by atoms with Crippen LogP contribution in [0.15, 0.2) is 48.5 Å². The molecule has 0 aromatic heterocycles. The standard InChI is InChI=1S/C20H24N2O4/c1-3-26-20(24)16-6-8-17(9-7-16)21-13-12-19(23)22-14-15-4-10-18(25-2)11-5-15/h4-11,21H,3,12-14H2,1-2H3,(H,22,23). The number of carbonyl (C=O) groups excluding carboxylic acids is 2. The number of benzene rings is 2. The topological polar surface area (TPSA) is 76.7 Å². The van der Waals surface area contributed by atoms with Crippen LogP contribution in [-0.2, 0) is 16.1 Å². The van der Waals surface area contributed by atoms with Gasteiger partial charge in [0.2, 0.25) is 5.91 Å². The van der Waals surface area contributed by atoms with Crippen molar-refractivity contribution in [2.75, 3.05) is 25.6 Å². The molecule has 6 nitrogen and oxygen atoms in total. The molecule has 26 heavy (non-hydrogen) atoms. The molecule has 0 radical (unpaired) electrons. The normalized spacial score (nSPS) is 10.1. The Bertz CT molecular complexity index is 712. The Morgan fingerprint density at radius 1 is 1.00 bits per heavy atom. The summed E-state index contributed by atoms with van der Waals surface area (Å²) in [5.41, 5.74) is 2.37. The van der Waals surface area contributed by atoms with Gasteiger partial charge in [-0.3, -0.25) is 4.79 Å². The Kier molecular flexibility index (Phi) is 7.49. The van der Waals surface area contributed by atoms with Gasteiger partial charge in [-0.1, -0.05) is 12.1 Å². The SMILES string of the molecule is CCOC(=O)c1ccc(NCCC(=O)NCc2ccc(OC)cc2)cc1. The van der Waals surface area contributed by atoms with Gasteiger partial charge in [0.1, 0.15) is 5.75 Å². The second-order valence-electron chi connectivity index (χ2n) is 5.60. The van der Waals surface area contributed by atoms with Gasteiger partial charge in [-0.15, -0.1) is 0 Å². The zero-order valence-electron chi connectivity index (χ0n) is 15.1. The van der Waals surface area contributed by atoms with Gasteiger partial charge < -0.3 is 20.1 Å². The number of methoxy groups -OCH3 is 1. The van der Waals surface area contributed by atoms with Crippen molar-refractivity contribution in [2.24, 2.45) is 0 Å². The summed E-state index contributed by atoms with van der Waals surface area (Å²) in [6.07, 6.45) is 0.357. The Balaban J connectivity index is 1.69. The number of esters is 1. The zero-order valence-corrected chi connectivity index (χ0v) is 15.1. The van der Waals surface area contributed by atoms with Crippen LogP contribution in [0.5, 0.6) is 5.75 Å². The van der Waals surface area contributed by atoms with Crippen LogP contribution in [0.3, 0.4) is 0 Å². The minimum atomic E-state index is -0.336. The van der Waals surface area contributed by atoms with E-state index in [1.54, 1.807) is 38.3 Å². The Morgan fingerprint density at radius 2 is 1.69 bits per heavy atom. The van der Waals surface area contributed by atoms with E-state index in [0.717, 1.165) is 17.0 Å². The summed E-state index contributed by atoms with van der Waals surface area (Å²) in [5.74, 6) is 0.423. The molecule has 0 atom stereocenters. The monoisotopic (exact) mass is 356 g/mol. The maximum absolute atomic E-state index is 11.9. The van der Waals surface area contributed by atoms with E-state index in [1.807, 2.05) is 24.3 Å². The van der Waals surface area contributed by atoms with Gasteiger partial charge in [0, 0.05) is 25.2 Å². The number of rotatable bonds is 9. The average Bonchev–Trinajstić information content (AvgIpc) is 2.67. The number of amides is 1. The number of hydrogen-bond acceptors (Lipinski definition) is 5. The van der Waals surface area contributed by atoms with E-state index in [0.29, 0.717) is 31.7 Å². The number of hydrogen-bond donors (Lipinski definition) is 2. The molecule has 0 aliphatic heterocycles. The first-order valence-electron chi connectivity index (χ1n) is 8.53. The fourth-order valence-electron chi connectivity index (χ4n) is 2.29. The van der Waals surface area contributed by atoms with Gasteiger partial charge in [-0.05, 0) is 48.9 Å². The van der Waals surface area contributed by atoms with Crippen LogP contribution in [0.2, 0.25) is 0 Å². The lowest BCUT2D eigenvalue weighted by Gasteiger charge is -2.09. The van der Waals surface area contributed by atoms with Gasteiger partial charge >= 0.3 is 5.97 Å². The maximum Gasteiger partial charge on any atom is 0.338 e. The molecule has 0 spiro atoms. The number of carbonyl (C=O) groups is 2. The van der Waals surface area contributed by atoms with E-state index in [1.165, 1.54) is 0 Å². The third-order valence-corrected chi connectivity index (χ3v) is 3.73. The summed E-state index contributed by atoms with van der Waals surface area (Å²) in [6.45, 7) is 3.11. The second-order valence-corrected chi connectivity index (χ2v) is 5.60. The molecule has 0 bridgehead atoms. The van der Waals surface area contributed by atoms with Crippen molar-refractivity contribution in [2.45, 2.75) is 19.9 Å². The summed E-state index contributed by atoms with van der Waals surface area (Å²) in [4.78, 5) is 23.5. The number of ether oxygens (including phenoxy) is 2. The molecule has 2 N–H and O–H groups in total. The molecule has 2 aromatic rings. The highest BCUT2D eigenvalue weighted by Gasteiger charge is 2.06. The number of nitrogens with one attached hydrogen (secondary N) is 2. The van der Waals surface area contributed by atoms with Crippen molar-refractivity contribution in [3.05, 3.63) is 59.7 Å². The first-order chi connectivity index (χ1) is 12.6. The molecule has 0 fully saturated rings. The highest BCUT2D eigenvalue weighted by molar-refractivity contribution is 5.89. The van der Waals surface area contributed by atoms with Crippen molar-refractivity contribution in [3.8, 4) is 5.75 Å². The lowest BCUT2D eigenvalue weighted by Crippen LogP contribution is -2.24. The molecule has 0 aliphatic rings. The van der Waals surface area contributed by atoms with Crippen LogP contribution in [-0.4, -0.2) is 32.1 Å². The average molecular weight is 356 g/mol. The summed E-state index contributed by atoms with van der Waals surface area (Å²) in [5, 5.41) is 6.04. The van der Waals surface area contributed by atoms with E-state index in [-0.39, 0.29) is 11.9 Å². The molecule has 0 aliphatic carbocycles. The fourth-order valence-corrected chi connectivity index (χ4v) is 2.29. The van der Waals surface area contributed by atoms with Crippen LogP contribution in [0, 0.1) is 0 Å². The molecule has 0 heterocycles. The molecular weight excluding hydrogens is 332 g/mol. The third-order valence-electron chi connectivity index (χ3n) is 3.73. The minimum Gasteiger partial charge on any atom is -0.497 e. The molecule has 0 unspecified atom stereocenters. The molecule has 2 rings (SSSR count). The Morgan fingerprint density at radius 3 is 2.31 bits per heavy atom. The molecule has 1 amide bonds. The summed E-state index contributed by atoms with van der Waals surface area (Å²) in [6, 6.07) is 14.5. The van der Waals surface area contributed by atoms with Gasteiger partial charge in [0.15, 0.2) is 0 Å². The van der Waals surface area contributed by atoms with Crippen LogP contribution >= 0.6 is 0 Å². The highest BCUT2D eigenvalue weighted by Crippen LogP contribution is 2.12. The van der Waals surface area contributed by atoms with E-state index >= 15 is 0 Å². The lowest BCUT2D eigenvalue weighted by atomic mass is 10.2. The van der Waals surface area contributed by atoms with Crippen LogP contribution in [0.25, 0.3) is 0 Å². The van der Waals surface area contributed by atoms with Crippen molar-refractivity contribution < 1.29 is 19.1 Å². The smallest absolute Gasteiger partial charge is 0.338 e. The number of anilines is 1. The van der Waals surface area contributed by atoms with E-state index < -0.39 is 0 Å².